The van der Waals surface area contributed by atoms with Gasteiger partial charge in [0.2, 0.25) is 5.91 Å². The van der Waals surface area contributed by atoms with Crippen LogP contribution in [-0.2, 0) is 17.9 Å². The Morgan fingerprint density at radius 1 is 0.971 bits per heavy atom. The molecule has 184 valence electrons. The number of benzene rings is 3. The molecule has 0 spiro atoms. The van der Waals surface area contributed by atoms with Gasteiger partial charge in [-0.2, -0.15) is 0 Å². The first-order valence-electron chi connectivity index (χ1n) is 12.0. The molecule has 0 unspecified atom stereocenters. The number of carbonyl (C=O) groups is 1. The third-order valence-corrected chi connectivity index (χ3v) is 6.46. The van der Waals surface area contributed by atoms with E-state index in [0.717, 1.165) is 43.0 Å². The van der Waals surface area contributed by atoms with Crippen LogP contribution in [-0.4, -0.2) is 44.1 Å². The summed E-state index contributed by atoms with van der Waals surface area (Å²) in [7, 11) is 1.62. The molecule has 0 bridgehead atoms. The van der Waals surface area contributed by atoms with Crippen LogP contribution in [0.2, 0.25) is 5.02 Å². The van der Waals surface area contributed by atoms with Gasteiger partial charge in [0.05, 0.1) is 12.1 Å². The Morgan fingerprint density at radius 2 is 1.69 bits per heavy atom. The SMILES string of the molecule is CCC(=O)N1CCN(c2ccc(NCc3cc(Cl)c(OCc4ccccc4)c(OC)c3)cc2)CC1. The zero-order valence-corrected chi connectivity index (χ0v) is 21.1. The Labute approximate surface area is 212 Å². The molecule has 1 aliphatic rings. The minimum absolute atomic E-state index is 0.233. The van der Waals surface area contributed by atoms with E-state index in [0.29, 0.717) is 36.1 Å². The number of nitrogens with one attached hydrogen (secondary N) is 1. The maximum atomic E-state index is 11.9. The smallest absolute Gasteiger partial charge is 0.222 e. The second-order valence-corrected chi connectivity index (χ2v) is 8.91. The first-order chi connectivity index (χ1) is 17.1. The summed E-state index contributed by atoms with van der Waals surface area (Å²) < 4.78 is 11.5. The van der Waals surface area contributed by atoms with Crippen LogP contribution < -0.4 is 19.7 Å². The van der Waals surface area contributed by atoms with Crippen molar-refractivity contribution in [3.63, 3.8) is 0 Å². The lowest BCUT2D eigenvalue weighted by Crippen LogP contribution is -2.48. The van der Waals surface area contributed by atoms with Crippen LogP contribution in [0.5, 0.6) is 11.5 Å². The van der Waals surface area contributed by atoms with Gasteiger partial charge in [-0.15, -0.1) is 0 Å². The lowest BCUT2D eigenvalue weighted by atomic mass is 10.1. The Hall–Kier alpha value is -3.38. The summed E-state index contributed by atoms with van der Waals surface area (Å²) in [6.07, 6.45) is 0.570. The van der Waals surface area contributed by atoms with E-state index in [2.05, 4.69) is 34.5 Å². The molecule has 1 amide bonds. The van der Waals surface area contributed by atoms with Crippen LogP contribution in [0, 0.1) is 0 Å². The van der Waals surface area contributed by atoms with Crippen molar-refractivity contribution >= 4 is 28.9 Å². The van der Waals surface area contributed by atoms with Gasteiger partial charge in [0.25, 0.3) is 0 Å². The number of piperazine rings is 1. The molecule has 4 rings (SSSR count). The molecule has 0 aliphatic carbocycles. The monoisotopic (exact) mass is 493 g/mol. The van der Waals surface area contributed by atoms with Gasteiger partial charge < -0.3 is 24.6 Å². The van der Waals surface area contributed by atoms with Crippen molar-refractivity contribution in [2.45, 2.75) is 26.5 Å². The fourth-order valence-electron chi connectivity index (χ4n) is 4.18. The topological polar surface area (TPSA) is 54.0 Å². The van der Waals surface area contributed by atoms with Gasteiger partial charge >= 0.3 is 0 Å². The highest BCUT2D eigenvalue weighted by molar-refractivity contribution is 6.32. The van der Waals surface area contributed by atoms with E-state index in [1.54, 1.807) is 7.11 Å². The van der Waals surface area contributed by atoms with Gasteiger partial charge in [0.1, 0.15) is 6.61 Å². The number of anilines is 2. The Bertz CT molecular complexity index is 1110. The van der Waals surface area contributed by atoms with Crippen molar-refractivity contribution in [2.24, 2.45) is 0 Å². The molecular formula is C28H32ClN3O3. The van der Waals surface area contributed by atoms with E-state index in [-0.39, 0.29) is 5.91 Å². The highest BCUT2D eigenvalue weighted by Crippen LogP contribution is 2.37. The molecule has 7 heteroatoms. The average molecular weight is 494 g/mol. The van der Waals surface area contributed by atoms with Crippen LogP contribution >= 0.6 is 11.6 Å². The summed E-state index contributed by atoms with van der Waals surface area (Å²) in [4.78, 5) is 16.2. The molecule has 35 heavy (non-hydrogen) atoms. The zero-order chi connectivity index (χ0) is 24.6. The molecule has 0 saturated carbocycles. The molecule has 6 nitrogen and oxygen atoms in total. The van der Waals surface area contributed by atoms with E-state index < -0.39 is 0 Å². The van der Waals surface area contributed by atoms with Crippen molar-refractivity contribution in [3.05, 3.63) is 82.9 Å². The molecule has 0 aromatic heterocycles. The molecule has 1 saturated heterocycles. The number of nitrogens with zero attached hydrogens (tertiary/aromatic N) is 2. The first-order valence-corrected chi connectivity index (χ1v) is 12.3. The molecule has 1 aliphatic heterocycles. The van der Waals surface area contributed by atoms with Crippen LogP contribution in [0.1, 0.15) is 24.5 Å². The number of halogens is 1. The number of rotatable bonds is 9. The largest absolute Gasteiger partial charge is 0.493 e. The van der Waals surface area contributed by atoms with Crippen LogP contribution in [0.25, 0.3) is 0 Å². The number of amides is 1. The summed E-state index contributed by atoms with van der Waals surface area (Å²) >= 11 is 6.54. The number of hydrogen-bond donors (Lipinski definition) is 1. The Kier molecular flexibility index (Phi) is 8.37. The molecule has 0 radical (unpaired) electrons. The third kappa shape index (κ3) is 6.40. The van der Waals surface area contributed by atoms with Crippen LogP contribution in [0.15, 0.2) is 66.7 Å². The lowest BCUT2D eigenvalue weighted by molar-refractivity contribution is -0.131. The number of hydrogen-bond acceptors (Lipinski definition) is 5. The van der Waals surface area contributed by atoms with Crippen molar-refractivity contribution in [2.75, 3.05) is 43.5 Å². The predicted molar refractivity (Wildman–Crippen MR) is 142 cm³/mol. The van der Waals surface area contributed by atoms with Crippen molar-refractivity contribution in [1.82, 2.24) is 4.90 Å². The van der Waals surface area contributed by atoms with Gasteiger partial charge in [-0.3, -0.25) is 4.79 Å². The summed E-state index contributed by atoms with van der Waals surface area (Å²) in [5.41, 5.74) is 4.26. The molecule has 1 N–H and O–H groups in total. The molecular weight excluding hydrogens is 462 g/mol. The molecule has 3 aromatic rings. The third-order valence-electron chi connectivity index (χ3n) is 6.18. The van der Waals surface area contributed by atoms with Gasteiger partial charge in [-0.25, -0.2) is 0 Å². The summed E-state index contributed by atoms with van der Waals surface area (Å²) in [6.45, 7) is 6.21. The minimum atomic E-state index is 0.233. The van der Waals surface area contributed by atoms with Gasteiger partial charge in [-0.05, 0) is 47.5 Å². The second-order valence-electron chi connectivity index (χ2n) is 8.51. The van der Waals surface area contributed by atoms with Crippen LogP contribution in [0.4, 0.5) is 11.4 Å². The van der Waals surface area contributed by atoms with E-state index in [1.165, 1.54) is 5.69 Å². The lowest BCUT2D eigenvalue weighted by Gasteiger charge is -2.36. The minimum Gasteiger partial charge on any atom is -0.493 e. The van der Waals surface area contributed by atoms with E-state index in [9.17, 15) is 4.79 Å². The average Bonchev–Trinajstić information content (AvgIpc) is 2.91. The highest BCUT2D eigenvalue weighted by atomic mass is 35.5. The van der Waals surface area contributed by atoms with Crippen molar-refractivity contribution < 1.29 is 14.3 Å². The zero-order valence-electron chi connectivity index (χ0n) is 20.3. The maximum absolute atomic E-state index is 11.9. The van der Waals surface area contributed by atoms with E-state index in [1.807, 2.05) is 54.3 Å². The highest BCUT2D eigenvalue weighted by Gasteiger charge is 2.20. The summed E-state index contributed by atoms with van der Waals surface area (Å²) in [6, 6.07) is 22.2. The standard InChI is InChI=1S/C28H32ClN3O3/c1-3-27(33)32-15-13-31(14-16-32)24-11-9-23(10-12-24)30-19-22-17-25(29)28(26(18-22)34-2)35-20-21-7-5-4-6-8-21/h4-12,17-18,30H,3,13-16,19-20H2,1-2H3. The number of ether oxygens (including phenoxy) is 2. The van der Waals surface area contributed by atoms with E-state index >= 15 is 0 Å². The number of methoxy groups -OCH3 is 1. The van der Waals surface area contributed by atoms with Gasteiger partial charge in [0.15, 0.2) is 11.5 Å². The normalized spacial score (nSPS) is 13.5. The molecule has 1 heterocycles. The first kappa shape index (κ1) is 24.7. The maximum Gasteiger partial charge on any atom is 0.222 e. The van der Waals surface area contributed by atoms with Gasteiger partial charge in [0, 0.05) is 50.5 Å². The Balaban J connectivity index is 1.33. The van der Waals surface area contributed by atoms with Crippen LogP contribution in [0.3, 0.4) is 0 Å². The Morgan fingerprint density at radius 3 is 2.34 bits per heavy atom. The molecule has 1 fully saturated rings. The fraction of sp³-hybridized carbons (Fsp3) is 0.321. The quantitative estimate of drug-likeness (QED) is 0.420. The van der Waals surface area contributed by atoms with Gasteiger partial charge in [-0.1, -0.05) is 48.9 Å². The van der Waals surface area contributed by atoms with Crippen molar-refractivity contribution in [1.29, 1.82) is 0 Å². The second kappa shape index (κ2) is 11.8. The molecule has 3 aromatic carbocycles. The predicted octanol–water partition coefficient (Wildman–Crippen LogP) is 5.60. The number of carbonyl (C=O) groups excluding carboxylic acids is 1. The molecule has 0 atom stereocenters. The van der Waals surface area contributed by atoms with E-state index in [4.69, 9.17) is 21.1 Å². The van der Waals surface area contributed by atoms with Crippen molar-refractivity contribution in [3.8, 4) is 11.5 Å². The summed E-state index contributed by atoms with van der Waals surface area (Å²) in [5, 5.41) is 3.97. The summed E-state index contributed by atoms with van der Waals surface area (Å²) in [5.74, 6) is 1.39. The fourth-order valence-corrected chi connectivity index (χ4v) is 4.46.